The number of nitrogens with one attached hydrogen (secondary N) is 1. The van der Waals surface area contributed by atoms with E-state index >= 15 is 0 Å². The molecule has 3 aromatic carbocycles. The van der Waals surface area contributed by atoms with Gasteiger partial charge in [0.25, 0.3) is 11.8 Å². The molecule has 3 aromatic rings. The number of nitrogens with zero attached hydrogens (tertiary/aromatic N) is 1. The van der Waals surface area contributed by atoms with Crippen LogP contribution in [-0.2, 0) is 11.2 Å². The van der Waals surface area contributed by atoms with Gasteiger partial charge in [-0.25, -0.2) is 0 Å². The minimum Gasteiger partial charge on any atom is -0.493 e. The van der Waals surface area contributed by atoms with E-state index in [2.05, 4.69) is 11.4 Å². The van der Waals surface area contributed by atoms with Crippen LogP contribution in [-0.4, -0.2) is 43.5 Å². The van der Waals surface area contributed by atoms with E-state index in [1.165, 1.54) is 0 Å². The summed E-state index contributed by atoms with van der Waals surface area (Å²) in [4.78, 5) is 28.6. The second kappa shape index (κ2) is 9.06. The standard InChI is InChI=1S/C28H26N2O4/c1-33-24-15-20-13-14-30-23(21(20)17-25(24)34-2)16-22(18-9-5-3-6-10-18)26(28(30)32)29-27(31)19-11-7-4-8-12-19/h3-12,15-17,22,26H,13-14H2,1-2H3,(H,29,31). The Balaban J connectivity index is 1.59. The van der Waals surface area contributed by atoms with Crippen LogP contribution in [0.15, 0.2) is 78.9 Å². The van der Waals surface area contributed by atoms with Gasteiger partial charge >= 0.3 is 0 Å². The van der Waals surface area contributed by atoms with Crippen molar-refractivity contribution < 1.29 is 19.1 Å². The number of carbonyl (C=O) groups is 2. The second-order valence-electron chi connectivity index (χ2n) is 8.41. The van der Waals surface area contributed by atoms with Crippen molar-refractivity contribution >= 4 is 17.5 Å². The van der Waals surface area contributed by atoms with Crippen molar-refractivity contribution in [3.63, 3.8) is 0 Å². The predicted octanol–water partition coefficient (Wildman–Crippen LogP) is 4.03. The summed E-state index contributed by atoms with van der Waals surface area (Å²) >= 11 is 0. The molecule has 2 aliphatic rings. The normalized spacial score (nSPS) is 18.9. The quantitative estimate of drug-likeness (QED) is 0.632. The highest BCUT2D eigenvalue weighted by Crippen LogP contribution is 2.42. The molecular formula is C28H26N2O4. The molecule has 6 heteroatoms. The topological polar surface area (TPSA) is 67.9 Å². The number of amides is 2. The Morgan fingerprint density at radius 1 is 0.941 bits per heavy atom. The van der Waals surface area contributed by atoms with Crippen LogP contribution in [0.2, 0.25) is 0 Å². The van der Waals surface area contributed by atoms with E-state index < -0.39 is 6.04 Å². The van der Waals surface area contributed by atoms with E-state index in [1.807, 2.05) is 60.7 Å². The van der Waals surface area contributed by atoms with Crippen LogP contribution in [0.25, 0.3) is 5.70 Å². The minimum absolute atomic E-state index is 0.115. The van der Waals surface area contributed by atoms with Crippen LogP contribution in [0.5, 0.6) is 11.5 Å². The van der Waals surface area contributed by atoms with Crippen molar-refractivity contribution in [1.29, 1.82) is 0 Å². The van der Waals surface area contributed by atoms with Crippen molar-refractivity contribution in [2.24, 2.45) is 0 Å². The predicted molar refractivity (Wildman–Crippen MR) is 130 cm³/mol. The van der Waals surface area contributed by atoms with E-state index in [-0.39, 0.29) is 17.7 Å². The monoisotopic (exact) mass is 454 g/mol. The number of fused-ring (bicyclic) bond motifs is 3. The number of hydrogen-bond donors (Lipinski definition) is 1. The van der Waals surface area contributed by atoms with Gasteiger partial charge in [-0.2, -0.15) is 0 Å². The lowest BCUT2D eigenvalue weighted by atomic mass is 9.82. The van der Waals surface area contributed by atoms with E-state index in [0.29, 0.717) is 30.0 Å². The van der Waals surface area contributed by atoms with Gasteiger partial charge in [0.15, 0.2) is 11.5 Å². The smallest absolute Gasteiger partial charge is 0.251 e. The molecule has 0 spiro atoms. The average molecular weight is 455 g/mol. The van der Waals surface area contributed by atoms with Crippen molar-refractivity contribution in [1.82, 2.24) is 10.2 Å². The van der Waals surface area contributed by atoms with Crippen molar-refractivity contribution in [3.05, 3.63) is 101 Å². The van der Waals surface area contributed by atoms with Crippen LogP contribution >= 0.6 is 0 Å². The molecule has 5 rings (SSSR count). The first-order valence-corrected chi connectivity index (χ1v) is 11.3. The third kappa shape index (κ3) is 3.81. The van der Waals surface area contributed by atoms with Crippen molar-refractivity contribution in [2.45, 2.75) is 18.4 Å². The molecule has 0 bridgehead atoms. The van der Waals surface area contributed by atoms with Crippen LogP contribution in [0.4, 0.5) is 0 Å². The van der Waals surface area contributed by atoms with Gasteiger partial charge in [-0.3, -0.25) is 9.59 Å². The molecular weight excluding hydrogens is 428 g/mol. The molecule has 6 nitrogen and oxygen atoms in total. The number of ether oxygens (including phenoxy) is 2. The Hall–Kier alpha value is -4.06. The van der Waals surface area contributed by atoms with Crippen LogP contribution in [0.1, 0.15) is 33.0 Å². The maximum Gasteiger partial charge on any atom is 0.251 e. The summed E-state index contributed by atoms with van der Waals surface area (Å²) in [6.07, 6.45) is 2.78. The summed E-state index contributed by atoms with van der Waals surface area (Å²) in [6.45, 7) is 0.534. The first-order chi connectivity index (χ1) is 16.6. The molecule has 2 heterocycles. The fraction of sp³-hybridized carbons (Fsp3) is 0.214. The Morgan fingerprint density at radius 2 is 1.59 bits per heavy atom. The summed E-state index contributed by atoms with van der Waals surface area (Å²) in [7, 11) is 3.22. The maximum atomic E-state index is 13.8. The molecule has 2 amide bonds. The zero-order chi connectivity index (χ0) is 23.7. The Bertz CT molecular complexity index is 1250. The van der Waals surface area contributed by atoms with Crippen molar-refractivity contribution in [3.8, 4) is 11.5 Å². The van der Waals surface area contributed by atoms with Gasteiger partial charge in [0, 0.05) is 29.3 Å². The average Bonchev–Trinajstić information content (AvgIpc) is 2.89. The first-order valence-electron chi connectivity index (χ1n) is 11.3. The second-order valence-corrected chi connectivity index (χ2v) is 8.41. The molecule has 1 N–H and O–H groups in total. The Kier molecular flexibility index (Phi) is 5.80. The van der Waals surface area contributed by atoms with Gasteiger partial charge in [-0.05, 0) is 47.9 Å². The van der Waals surface area contributed by atoms with Crippen LogP contribution in [0.3, 0.4) is 0 Å². The van der Waals surface area contributed by atoms with Gasteiger partial charge in [-0.15, -0.1) is 0 Å². The molecule has 2 atom stereocenters. The maximum absolute atomic E-state index is 13.8. The number of carbonyl (C=O) groups excluding carboxylic acids is 2. The Morgan fingerprint density at radius 3 is 2.26 bits per heavy atom. The molecule has 0 aromatic heterocycles. The highest BCUT2D eigenvalue weighted by Gasteiger charge is 2.41. The zero-order valence-electron chi connectivity index (χ0n) is 19.2. The van der Waals surface area contributed by atoms with Gasteiger partial charge in [-0.1, -0.05) is 48.5 Å². The molecule has 0 aliphatic carbocycles. The molecule has 2 aliphatic heterocycles. The van der Waals surface area contributed by atoms with Crippen LogP contribution in [0, 0.1) is 0 Å². The summed E-state index contributed by atoms with van der Waals surface area (Å²) in [5, 5.41) is 3.01. The summed E-state index contributed by atoms with van der Waals surface area (Å²) in [5.74, 6) is 0.598. The number of benzene rings is 3. The van der Waals surface area contributed by atoms with Gasteiger partial charge < -0.3 is 19.7 Å². The van der Waals surface area contributed by atoms with E-state index in [9.17, 15) is 9.59 Å². The molecule has 2 unspecified atom stereocenters. The SMILES string of the molecule is COc1cc2c(cc1OC)C1=CC(c3ccccc3)C(NC(=O)c3ccccc3)C(=O)N1CC2. The fourth-order valence-electron chi connectivity index (χ4n) is 4.79. The summed E-state index contributed by atoms with van der Waals surface area (Å²) in [6, 6.07) is 22.0. The van der Waals surface area contributed by atoms with E-state index in [0.717, 1.165) is 22.4 Å². The lowest BCUT2D eigenvalue weighted by molar-refractivity contribution is -0.131. The number of rotatable bonds is 5. The molecule has 172 valence electrons. The molecule has 0 saturated carbocycles. The lowest BCUT2D eigenvalue weighted by Crippen LogP contribution is -2.54. The van der Waals surface area contributed by atoms with Crippen LogP contribution < -0.4 is 14.8 Å². The zero-order valence-corrected chi connectivity index (χ0v) is 19.2. The lowest BCUT2D eigenvalue weighted by Gasteiger charge is -2.41. The molecule has 0 saturated heterocycles. The molecule has 0 fully saturated rings. The minimum atomic E-state index is -0.708. The fourth-order valence-corrected chi connectivity index (χ4v) is 4.79. The summed E-state index contributed by atoms with van der Waals surface area (Å²) < 4.78 is 11.0. The number of methoxy groups -OCH3 is 2. The Labute approximate surface area is 198 Å². The summed E-state index contributed by atoms with van der Waals surface area (Å²) in [5.41, 5.74) is 4.38. The van der Waals surface area contributed by atoms with Gasteiger partial charge in [0.05, 0.1) is 14.2 Å². The third-order valence-corrected chi connectivity index (χ3v) is 6.52. The van der Waals surface area contributed by atoms with Gasteiger partial charge in [0.1, 0.15) is 6.04 Å². The highest BCUT2D eigenvalue weighted by molar-refractivity contribution is 6.01. The first kappa shape index (κ1) is 21.8. The van der Waals surface area contributed by atoms with Crippen molar-refractivity contribution in [2.75, 3.05) is 20.8 Å². The molecule has 0 radical (unpaired) electrons. The highest BCUT2D eigenvalue weighted by atomic mass is 16.5. The molecule has 34 heavy (non-hydrogen) atoms. The van der Waals surface area contributed by atoms with E-state index in [1.54, 1.807) is 31.3 Å². The van der Waals surface area contributed by atoms with E-state index in [4.69, 9.17) is 9.47 Å². The largest absolute Gasteiger partial charge is 0.493 e. The number of hydrogen-bond acceptors (Lipinski definition) is 4. The third-order valence-electron chi connectivity index (χ3n) is 6.52. The van der Waals surface area contributed by atoms with Gasteiger partial charge in [0.2, 0.25) is 0 Å².